The van der Waals surface area contributed by atoms with Crippen LogP contribution >= 0.6 is 0 Å². The van der Waals surface area contributed by atoms with E-state index in [1.165, 1.54) is 17.7 Å². The van der Waals surface area contributed by atoms with Crippen LogP contribution in [-0.2, 0) is 4.74 Å². The quantitative estimate of drug-likeness (QED) is 0.838. The first-order valence-electron chi connectivity index (χ1n) is 6.89. The topological polar surface area (TPSA) is 38.5 Å². The molecule has 1 aromatic carbocycles. The number of anilines is 1. The highest BCUT2D eigenvalue weighted by Gasteiger charge is 2.19. The van der Waals surface area contributed by atoms with E-state index in [0.717, 1.165) is 39.3 Å². The molecular weight excluding hydrogens is 224 g/mol. The Morgan fingerprint density at radius 2 is 2.33 bits per heavy atom. The molecule has 1 aromatic rings. The molecule has 0 bridgehead atoms. The van der Waals surface area contributed by atoms with E-state index in [0.29, 0.717) is 5.92 Å². The van der Waals surface area contributed by atoms with Crippen LogP contribution in [0.25, 0.3) is 0 Å². The summed E-state index contributed by atoms with van der Waals surface area (Å²) in [7, 11) is 0. The maximum Gasteiger partial charge on any atom is 0.0512 e. The fourth-order valence-corrected chi connectivity index (χ4v) is 2.47. The van der Waals surface area contributed by atoms with Gasteiger partial charge in [0.2, 0.25) is 0 Å². The van der Waals surface area contributed by atoms with Gasteiger partial charge in [-0.2, -0.15) is 0 Å². The van der Waals surface area contributed by atoms with Gasteiger partial charge in [0.1, 0.15) is 0 Å². The molecule has 0 spiro atoms. The molecule has 0 radical (unpaired) electrons. The molecule has 1 unspecified atom stereocenters. The van der Waals surface area contributed by atoms with Gasteiger partial charge in [-0.25, -0.2) is 0 Å². The first-order chi connectivity index (χ1) is 8.79. The minimum absolute atomic E-state index is 0.670. The van der Waals surface area contributed by atoms with Gasteiger partial charge in [-0.3, -0.25) is 0 Å². The molecule has 1 heterocycles. The fourth-order valence-electron chi connectivity index (χ4n) is 2.47. The lowest BCUT2D eigenvalue weighted by Gasteiger charge is -2.27. The first-order valence-corrected chi connectivity index (χ1v) is 6.89. The maximum absolute atomic E-state index is 5.64. The predicted molar refractivity (Wildman–Crippen MR) is 76.0 cm³/mol. The minimum Gasteiger partial charge on any atom is -0.381 e. The van der Waals surface area contributed by atoms with Crippen molar-refractivity contribution in [2.24, 2.45) is 11.7 Å². The predicted octanol–water partition coefficient (Wildman–Crippen LogP) is 2.19. The van der Waals surface area contributed by atoms with Gasteiger partial charge in [0.05, 0.1) is 6.61 Å². The van der Waals surface area contributed by atoms with Crippen molar-refractivity contribution < 1.29 is 4.74 Å². The van der Waals surface area contributed by atoms with Gasteiger partial charge < -0.3 is 15.4 Å². The van der Waals surface area contributed by atoms with Crippen LogP contribution in [0.15, 0.2) is 24.3 Å². The molecule has 18 heavy (non-hydrogen) atoms. The Morgan fingerprint density at radius 3 is 3.00 bits per heavy atom. The number of rotatable bonds is 6. The van der Waals surface area contributed by atoms with Gasteiger partial charge in [-0.1, -0.05) is 12.1 Å². The summed E-state index contributed by atoms with van der Waals surface area (Å²) in [6.07, 6.45) is 2.23. The summed E-state index contributed by atoms with van der Waals surface area (Å²) in [5.74, 6) is 0.670. The van der Waals surface area contributed by atoms with Crippen LogP contribution in [0, 0.1) is 12.8 Å². The van der Waals surface area contributed by atoms with E-state index in [1.54, 1.807) is 0 Å². The van der Waals surface area contributed by atoms with Crippen LogP contribution in [-0.4, -0.2) is 32.8 Å². The molecule has 0 aromatic heterocycles. The highest BCUT2D eigenvalue weighted by Crippen LogP contribution is 2.21. The third-order valence-electron chi connectivity index (χ3n) is 3.50. The Labute approximate surface area is 110 Å². The highest BCUT2D eigenvalue weighted by molar-refractivity contribution is 5.48. The van der Waals surface area contributed by atoms with E-state index in [2.05, 4.69) is 36.1 Å². The molecule has 1 aliphatic heterocycles. The SMILES string of the molecule is Cc1cccc(N(CCCN)CC2CCOC2)c1. The van der Waals surface area contributed by atoms with E-state index in [9.17, 15) is 0 Å². The van der Waals surface area contributed by atoms with Crippen molar-refractivity contribution in [3.05, 3.63) is 29.8 Å². The number of nitrogens with zero attached hydrogens (tertiary/aromatic N) is 1. The Balaban J connectivity index is 2.03. The Kier molecular flexibility index (Phi) is 5.02. The van der Waals surface area contributed by atoms with Gasteiger partial charge in [0.25, 0.3) is 0 Å². The highest BCUT2D eigenvalue weighted by atomic mass is 16.5. The lowest BCUT2D eigenvalue weighted by Crippen LogP contribution is -2.31. The van der Waals surface area contributed by atoms with Crippen molar-refractivity contribution in [3.8, 4) is 0 Å². The van der Waals surface area contributed by atoms with E-state index >= 15 is 0 Å². The third kappa shape index (κ3) is 3.72. The van der Waals surface area contributed by atoms with Gasteiger partial charge >= 0.3 is 0 Å². The summed E-state index contributed by atoms with van der Waals surface area (Å²) in [5, 5.41) is 0. The number of hydrogen-bond donors (Lipinski definition) is 1. The minimum atomic E-state index is 0.670. The van der Waals surface area contributed by atoms with Gasteiger partial charge in [-0.15, -0.1) is 0 Å². The van der Waals surface area contributed by atoms with Gasteiger partial charge in [0, 0.05) is 31.3 Å². The molecule has 2 N–H and O–H groups in total. The molecule has 0 saturated carbocycles. The van der Waals surface area contributed by atoms with Crippen molar-refractivity contribution in [1.82, 2.24) is 0 Å². The number of ether oxygens (including phenoxy) is 1. The zero-order valence-electron chi connectivity index (χ0n) is 11.3. The summed E-state index contributed by atoms with van der Waals surface area (Å²) in [6, 6.07) is 8.72. The average Bonchev–Trinajstić information content (AvgIpc) is 2.87. The van der Waals surface area contributed by atoms with Crippen LogP contribution in [0.2, 0.25) is 0 Å². The van der Waals surface area contributed by atoms with Crippen molar-refractivity contribution in [2.75, 3.05) is 37.7 Å². The number of aryl methyl sites for hydroxylation is 1. The summed E-state index contributed by atoms with van der Waals surface area (Å²) >= 11 is 0. The van der Waals surface area contributed by atoms with E-state index in [1.807, 2.05) is 0 Å². The van der Waals surface area contributed by atoms with Gasteiger partial charge in [-0.05, 0) is 44.0 Å². The summed E-state index contributed by atoms with van der Waals surface area (Å²) in [5.41, 5.74) is 8.27. The molecule has 3 nitrogen and oxygen atoms in total. The first kappa shape index (κ1) is 13.4. The molecule has 1 fully saturated rings. The zero-order chi connectivity index (χ0) is 12.8. The van der Waals surface area contributed by atoms with Crippen molar-refractivity contribution in [2.45, 2.75) is 19.8 Å². The lowest BCUT2D eigenvalue weighted by atomic mass is 10.1. The lowest BCUT2D eigenvalue weighted by molar-refractivity contribution is 0.186. The molecule has 1 saturated heterocycles. The van der Waals surface area contributed by atoms with Gasteiger partial charge in [0.15, 0.2) is 0 Å². The van der Waals surface area contributed by atoms with Crippen LogP contribution in [0.4, 0.5) is 5.69 Å². The van der Waals surface area contributed by atoms with Crippen LogP contribution < -0.4 is 10.6 Å². The molecular formula is C15H24N2O. The largest absolute Gasteiger partial charge is 0.381 e. The Morgan fingerprint density at radius 1 is 1.44 bits per heavy atom. The standard InChI is InChI=1S/C15H24N2O/c1-13-4-2-5-15(10-13)17(8-3-7-16)11-14-6-9-18-12-14/h2,4-5,10,14H,3,6-9,11-12,16H2,1H3. The zero-order valence-corrected chi connectivity index (χ0v) is 11.3. The van der Waals surface area contributed by atoms with E-state index in [4.69, 9.17) is 10.5 Å². The van der Waals surface area contributed by atoms with E-state index < -0.39 is 0 Å². The van der Waals surface area contributed by atoms with Crippen LogP contribution in [0.3, 0.4) is 0 Å². The smallest absolute Gasteiger partial charge is 0.0512 e. The Hall–Kier alpha value is -1.06. The summed E-state index contributed by atoms with van der Waals surface area (Å²) in [4.78, 5) is 2.46. The second-order valence-corrected chi connectivity index (χ2v) is 5.16. The average molecular weight is 248 g/mol. The number of hydrogen-bond acceptors (Lipinski definition) is 3. The molecule has 2 rings (SSSR count). The van der Waals surface area contributed by atoms with E-state index in [-0.39, 0.29) is 0 Å². The maximum atomic E-state index is 5.64. The molecule has 3 heteroatoms. The number of benzene rings is 1. The second kappa shape index (κ2) is 6.76. The second-order valence-electron chi connectivity index (χ2n) is 5.16. The van der Waals surface area contributed by atoms with Crippen molar-refractivity contribution in [1.29, 1.82) is 0 Å². The summed E-state index contributed by atoms with van der Waals surface area (Å²) < 4.78 is 5.47. The van der Waals surface area contributed by atoms with Crippen molar-refractivity contribution in [3.63, 3.8) is 0 Å². The monoisotopic (exact) mass is 248 g/mol. The Bertz CT molecular complexity index is 361. The normalized spacial score (nSPS) is 19.1. The molecule has 0 aliphatic carbocycles. The molecule has 1 atom stereocenters. The number of nitrogens with two attached hydrogens (primary N) is 1. The van der Waals surface area contributed by atoms with Crippen LogP contribution in [0.1, 0.15) is 18.4 Å². The van der Waals surface area contributed by atoms with Crippen molar-refractivity contribution >= 4 is 5.69 Å². The third-order valence-corrected chi connectivity index (χ3v) is 3.50. The summed E-state index contributed by atoms with van der Waals surface area (Å²) in [6.45, 7) is 6.85. The fraction of sp³-hybridized carbons (Fsp3) is 0.600. The molecule has 100 valence electrons. The molecule has 0 amide bonds. The molecule has 1 aliphatic rings. The van der Waals surface area contributed by atoms with Crippen LogP contribution in [0.5, 0.6) is 0 Å².